The summed E-state index contributed by atoms with van der Waals surface area (Å²) in [6, 6.07) is 8.08. The smallest absolute Gasteiger partial charge is 0.206 e. The van der Waals surface area contributed by atoms with Gasteiger partial charge in [-0.25, -0.2) is 4.68 Å². The maximum atomic E-state index is 10.1. The van der Waals surface area contributed by atoms with Crippen LogP contribution in [0.1, 0.15) is 19.4 Å². The Hall–Kier alpha value is -3.46. The average molecular weight is 444 g/mol. The molecule has 0 atom stereocenters. The van der Waals surface area contributed by atoms with Gasteiger partial charge in [0, 0.05) is 28.6 Å². The van der Waals surface area contributed by atoms with Gasteiger partial charge >= 0.3 is 0 Å². The van der Waals surface area contributed by atoms with Crippen molar-refractivity contribution in [3.8, 4) is 40.0 Å². The number of phenols is 2. The minimum atomic E-state index is -0.0729. The van der Waals surface area contributed by atoms with Gasteiger partial charge in [-0.05, 0) is 38.1 Å². The summed E-state index contributed by atoms with van der Waals surface area (Å²) in [5.74, 6) is 1.46. The first-order chi connectivity index (χ1) is 14.9. The summed E-state index contributed by atoms with van der Waals surface area (Å²) in [7, 11) is 4.68. The summed E-state index contributed by atoms with van der Waals surface area (Å²) in [5, 5.41) is 26.1. The number of aromatic nitrogens is 1. The van der Waals surface area contributed by atoms with Crippen LogP contribution in [0.25, 0.3) is 11.3 Å². The van der Waals surface area contributed by atoms with Crippen LogP contribution in [0, 0.1) is 0 Å². The highest BCUT2D eigenvalue weighted by Gasteiger charge is 2.17. The zero-order valence-corrected chi connectivity index (χ0v) is 18.8. The summed E-state index contributed by atoms with van der Waals surface area (Å²) < 4.78 is 18.1. The van der Waals surface area contributed by atoms with Crippen LogP contribution in [0.4, 0.5) is 0 Å². The molecule has 2 N–H and O–H groups in total. The molecule has 2 aromatic carbocycles. The quantitative estimate of drug-likeness (QED) is 0.541. The lowest BCUT2D eigenvalue weighted by Gasteiger charge is -2.14. The molecule has 0 aliphatic heterocycles. The molecular weight excluding hydrogens is 418 g/mol. The predicted octanol–water partition coefficient (Wildman–Crippen LogP) is 3.84. The highest BCUT2D eigenvalue weighted by atomic mass is 32.1. The normalized spacial score (nSPS) is 12.0. The Balaban J connectivity index is 2.19. The lowest BCUT2D eigenvalue weighted by atomic mass is 10.1. The van der Waals surface area contributed by atoms with Gasteiger partial charge in [0.15, 0.2) is 11.5 Å². The monoisotopic (exact) mass is 443 g/mol. The second kappa shape index (κ2) is 9.57. The Morgan fingerprint density at radius 2 is 1.68 bits per heavy atom. The van der Waals surface area contributed by atoms with Crippen molar-refractivity contribution >= 4 is 17.6 Å². The maximum Gasteiger partial charge on any atom is 0.206 e. The van der Waals surface area contributed by atoms with Crippen molar-refractivity contribution in [2.75, 3.05) is 21.3 Å². The molecule has 31 heavy (non-hydrogen) atoms. The van der Waals surface area contributed by atoms with Crippen molar-refractivity contribution in [1.82, 2.24) is 4.68 Å². The summed E-state index contributed by atoms with van der Waals surface area (Å²) in [6.07, 6.45) is 1.52. The molecule has 3 aromatic rings. The Labute approximate surface area is 184 Å². The van der Waals surface area contributed by atoms with Gasteiger partial charge < -0.3 is 24.4 Å². The number of thiazole rings is 1. The highest BCUT2D eigenvalue weighted by Crippen LogP contribution is 2.41. The first kappa shape index (κ1) is 22.2. The fraction of sp³-hybridized carbons (Fsp3) is 0.273. The van der Waals surface area contributed by atoms with Crippen LogP contribution >= 0.6 is 11.3 Å². The van der Waals surface area contributed by atoms with E-state index in [4.69, 9.17) is 14.2 Å². The van der Waals surface area contributed by atoms with Crippen LogP contribution in [0.5, 0.6) is 28.7 Å². The van der Waals surface area contributed by atoms with Gasteiger partial charge in [-0.3, -0.25) is 4.99 Å². The second-order valence-electron chi connectivity index (χ2n) is 6.84. The number of phenolic OH excluding ortho intramolecular Hbond substituents is 2. The number of aromatic hydroxyl groups is 2. The highest BCUT2D eigenvalue weighted by molar-refractivity contribution is 7.07. The average Bonchev–Trinajstić information content (AvgIpc) is 3.13. The van der Waals surface area contributed by atoms with Gasteiger partial charge in [-0.1, -0.05) is 0 Å². The third kappa shape index (κ3) is 4.83. The van der Waals surface area contributed by atoms with Crippen molar-refractivity contribution in [3.05, 3.63) is 46.1 Å². The van der Waals surface area contributed by atoms with Crippen molar-refractivity contribution < 1.29 is 24.4 Å². The van der Waals surface area contributed by atoms with Crippen LogP contribution in [-0.2, 0) is 0 Å². The molecule has 0 aliphatic carbocycles. The standard InChI is InChI=1S/C22H25N3O5S/c1-13(2)24-22-25(23-11-14-6-7-16(26)10-18(14)27)17(12-31-22)15-8-19(28-3)21(30-5)20(9-15)29-4/h6-13,26-27H,1-5H3. The molecule has 0 amide bonds. The second-order valence-corrected chi connectivity index (χ2v) is 7.68. The zero-order valence-electron chi connectivity index (χ0n) is 18.0. The Morgan fingerprint density at radius 1 is 1.00 bits per heavy atom. The van der Waals surface area contributed by atoms with E-state index < -0.39 is 0 Å². The molecule has 0 saturated heterocycles. The molecule has 9 heteroatoms. The van der Waals surface area contributed by atoms with E-state index in [1.165, 1.54) is 29.7 Å². The zero-order chi connectivity index (χ0) is 22.5. The van der Waals surface area contributed by atoms with E-state index >= 15 is 0 Å². The third-order valence-electron chi connectivity index (χ3n) is 4.34. The lowest BCUT2D eigenvalue weighted by molar-refractivity contribution is 0.324. The summed E-state index contributed by atoms with van der Waals surface area (Å²) >= 11 is 1.45. The number of methoxy groups -OCH3 is 3. The molecule has 0 unspecified atom stereocenters. The van der Waals surface area contributed by atoms with Crippen LogP contribution in [0.3, 0.4) is 0 Å². The molecule has 1 heterocycles. The number of rotatable bonds is 7. The molecule has 164 valence electrons. The molecule has 0 aliphatic rings. The van der Waals surface area contributed by atoms with Crippen molar-refractivity contribution in [2.45, 2.75) is 19.9 Å². The Kier molecular flexibility index (Phi) is 6.86. The first-order valence-corrected chi connectivity index (χ1v) is 10.4. The minimum absolute atomic E-state index is 0.0218. The van der Waals surface area contributed by atoms with Gasteiger partial charge in [0.1, 0.15) is 11.5 Å². The predicted molar refractivity (Wildman–Crippen MR) is 121 cm³/mol. The van der Waals surface area contributed by atoms with Crippen molar-refractivity contribution in [1.29, 1.82) is 0 Å². The molecule has 0 saturated carbocycles. The molecule has 0 radical (unpaired) electrons. The van der Waals surface area contributed by atoms with Crippen LogP contribution in [-0.4, -0.2) is 48.5 Å². The summed E-state index contributed by atoms with van der Waals surface area (Å²) in [4.78, 5) is 5.34. The van der Waals surface area contributed by atoms with Gasteiger partial charge in [-0.2, -0.15) is 5.10 Å². The van der Waals surface area contributed by atoms with Gasteiger partial charge in [0.05, 0.1) is 33.2 Å². The molecule has 1 aromatic heterocycles. The molecule has 0 spiro atoms. The van der Waals surface area contributed by atoms with Crippen LogP contribution in [0.2, 0.25) is 0 Å². The van der Waals surface area contributed by atoms with Gasteiger partial charge in [-0.15, -0.1) is 11.3 Å². The SMILES string of the molecule is COc1cc(-c2csc(=NC(C)C)n2N=Cc2ccc(O)cc2O)cc(OC)c1OC. The summed E-state index contributed by atoms with van der Waals surface area (Å²) in [6.45, 7) is 3.97. The number of ether oxygens (including phenoxy) is 3. The van der Waals surface area contributed by atoms with Crippen LogP contribution < -0.4 is 19.0 Å². The molecule has 0 fully saturated rings. The van der Waals surface area contributed by atoms with Crippen molar-refractivity contribution in [3.63, 3.8) is 0 Å². The number of hydrogen-bond donors (Lipinski definition) is 2. The number of benzene rings is 2. The van der Waals surface area contributed by atoms with E-state index in [1.54, 1.807) is 32.1 Å². The van der Waals surface area contributed by atoms with Crippen LogP contribution in [0.15, 0.2) is 45.8 Å². The largest absolute Gasteiger partial charge is 0.508 e. The number of hydrogen-bond acceptors (Lipinski definition) is 8. The van der Waals surface area contributed by atoms with Gasteiger partial charge in [0.25, 0.3) is 0 Å². The van der Waals surface area contributed by atoms with E-state index in [2.05, 4.69) is 10.1 Å². The Morgan fingerprint density at radius 3 is 2.23 bits per heavy atom. The minimum Gasteiger partial charge on any atom is -0.508 e. The lowest BCUT2D eigenvalue weighted by Crippen LogP contribution is -2.14. The fourth-order valence-electron chi connectivity index (χ4n) is 2.91. The number of nitrogens with zero attached hydrogens (tertiary/aromatic N) is 3. The third-order valence-corrected chi connectivity index (χ3v) is 5.17. The maximum absolute atomic E-state index is 10.1. The molecule has 3 rings (SSSR count). The van der Waals surface area contributed by atoms with E-state index in [1.807, 2.05) is 31.4 Å². The fourth-order valence-corrected chi connectivity index (χ4v) is 3.88. The molecule has 8 nitrogen and oxygen atoms in total. The molecular formula is C22H25N3O5S. The van der Waals surface area contributed by atoms with E-state index in [-0.39, 0.29) is 17.5 Å². The van der Waals surface area contributed by atoms with Crippen molar-refractivity contribution in [2.24, 2.45) is 10.1 Å². The topological polar surface area (TPSA) is 97.8 Å². The molecule has 0 bridgehead atoms. The first-order valence-electron chi connectivity index (χ1n) is 9.49. The van der Waals surface area contributed by atoms with Gasteiger partial charge in [0.2, 0.25) is 10.6 Å². The van der Waals surface area contributed by atoms with E-state index in [9.17, 15) is 10.2 Å². The summed E-state index contributed by atoms with van der Waals surface area (Å²) in [5.41, 5.74) is 2.02. The Bertz CT molecular complexity index is 1140. The van der Waals surface area contributed by atoms with E-state index in [0.29, 0.717) is 27.6 Å². The van der Waals surface area contributed by atoms with E-state index in [0.717, 1.165) is 11.3 Å².